The molecule has 9 heteroatoms. The van der Waals surface area contributed by atoms with Crippen LogP contribution in [0, 0.1) is 0 Å². The van der Waals surface area contributed by atoms with E-state index in [-0.39, 0.29) is 18.2 Å². The Morgan fingerprint density at radius 3 is 2.42 bits per heavy atom. The fourth-order valence-electron chi connectivity index (χ4n) is 4.33. The lowest BCUT2D eigenvalue weighted by molar-refractivity contribution is -0.108. The molecule has 0 aromatic carbocycles. The molecule has 2 aromatic heterocycles. The molecular formula is C22H27N5O4. The summed E-state index contributed by atoms with van der Waals surface area (Å²) in [5.41, 5.74) is 1.40. The van der Waals surface area contributed by atoms with Gasteiger partial charge in [0.05, 0.1) is 49.6 Å². The molecule has 0 amide bonds. The second kappa shape index (κ2) is 8.39. The Morgan fingerprint density at radius 1 is 1.00 bits per heavy atom. The Balaban J connectivity index is 1.58. The molecule has 9 nitrogen and oxygen atoms in total. The molecule has 2 aromatic rings. The number of hydrogen-bond acceptors (Lipinski definition) is 9. The lowest BCUT2D eigenvalue weighted by Gasteiger charge is -2.37. The lowest BCUT2D eigenvalue weighted by Crippen LogP contribution is -2.46. The smallest absolute Gasteiger partial charge is 0.229 e. The molecular weight excluding hydrogens is 398 g/mol. The van der Waals surface area contributed by atoms with Gasteiger partial charge >= 0.3 is 0 Å². The zero-order valence-electron chi connectivity index (χ0n) is 17.9. The number of ether oxygens (including phenoxy) is 3. The number of allylic oxidation sites excluding steroid dienone is 1. The van der Waals surface area contributed by atoms with Crippen molar-refractivity contribution in [2.45, 2.75) is 38.5 Å². The molecule has 0 spiro atoms. The molecule has 5 rings (SSSR count). The quantitative estimate of drug-likeness (QED) is 0.683. The van der Waals surface area contributed by atoms with Crippen molar-refractivity contribution in [1.29, 1.82) is 0 Å². The molecule has 3 aliphatic heterocycles. The standard InChI is InChI=1S/C22H27N5O4/c1-14-12-29-9-7-26(14)21-17-4-5-18(19-6-3-16(11-28)31-19)23-20(17)24-22(25-21)27-8-10-30-13-15(27)2/h3-5,11,14-15,19H,6-10,12-13H2,1-2H3/t14-,15-,19?/m0/s1. The molecule has 0 aliphatic carbocycles. The Morgan fingerprint density at radius 2 is 1.74 bits per heavy atom. The van der Waals surface area contributed by atoms with Gasteiger partial charge in [0.1, 0.15) is 11.9 Å². The van der Waals surface area contributed by atoms with Crippen LogP contribution in [0.5, 0.6) is 0 Å². The summed E-state index contributed by atoms with van der Waals surface area (Å²) < 4.78 is 16.9. The van der Waals surface area contributed by atoms with Crippen molar-refractivity contribution in [3.05, 3.63) is 29.7 Å². The van der Waals surface area contributed by atoms with E-state index < -0.39 is 0 Å². The second-order valence-electron chi connectivity index (χ2n) is 8.26. The summed E-state index contributed by atoms with van der Waals surface area (Å²) in [5.74, 6) is 1.91. The van der Waals surface area contributed by atoms with Gasteiger partial charge in [0.15, 0.2) is 17.7 Å². The van der Waals surface area contributed by atoms with Gasteiger partial charge in [-0.2, -0.15) is 9.97 Å². The number of aldehydes is 1. The number of hydrogen-bond donors (Lipinski definition) is 0. The summed E-state index contributed by atoms with van der Waals surface area (Å²) in [4.78, 5) is 30.2. The van der Waals surface area contributed by atoms with Gasteiger partial charge in [0.2, 0.25) is 5.95 Å². The number of morpholine rings is 2. The van der Waals surface area contributed by atoms with Crippen LogP contribution in [0.25, 0.3) is 11.0 Å². The molecule has 2 fully saturated rings. The highest BCUT2D eigenvalue weighted by Gasteiger charge is 2.28. The van der Waals surface area contributed by atoms with Crippen molar-refractivity contribution < 1.29 is 19.0 Å². The van der Waals surface area contributed by atoms with Gasteiger partial charge in [-0.05, 0) is 32.1 Å². The van der Waals surface area contributed by atoms with Crippen LogP contribution in [0.1, 0.15) is 32.1 Å². The predicted octanol–water partition coefficient (Wildman–Crippen LogP) is 2.02. The first-order chi connectivity index (χ1) is 15.1. The van der Waals surface area contributed by atoms with Gasteiger partial charge in [-0.15, -0.1) is 0 Å². The Bertz CT molecular complexity index is 1010. The average Bonchev–Trinajstić information content (AvgIpc) is 3.28. The van der Waals surface area contributed by atoms with Crippen molar-refractivity contribution in [1.82, 2.24) is 15.0 Å². The van der Waals surface area contributed by atoms with E-state index in [0.29, 0.717) is 50.2 Å². The van der Waals surface area contributed by atoms with E-state index in [1.807, 2.05) is 12.1 Å². The molecule has 3 atom stereocenters. The molecule has 2 saturated heterocycles. The minimum Gasteiger partial charge on any atom is -0.481 e. The van der Waals surface area contributed by atoms with Gasteiger partial charge < -0.3 is 24.0 Å². The van der Waals surface area contributed by atoms with E-state index in [4.69, 9.17) is 29.2 Å². The van der Waals surface area contributed by atoms with E-state index >= 15 is 0 Å². The van der Waals surface area contributed by atoms with Crippen LogP contribution in [0.2, 0.25) is 0 Å². The highest BCUT2D eigenvalue weighted by atomic mass is 16.5. The third kappa shape index (κ3) is 3.83. The van der Waals surface area contributed by atoms with Crippen LogP contribution in [0.3, 0.4) is 0 Å². The maximum atomic E-state index is 11.0. The van der Waals surface area contributed by atoms with Crippen LogP contribution < -0.4 is 9.80 Å². The first-order valence-electron chi connectivity index (χ1n) is 10.8. The Kier molecular flexibility index (Phi) is 5.45. The molecule has 164 valence electrons. The number of carbonyl (C=O) groups excluding carboxylic acids is 1. The van der Waals surface area contributed by atoms with Crippen LogP contribution in [0.15, 0.2) is 24.0 Å². The number of carbonyl (C=O) groups is 1. The maximum Gasteiger partial charge on any atom is 0.229 e. The van der Waals surface area contributed by atoms with E-state index in [9.17, 15) is 4.79 Å². The molecule has 0 bridgehead atoms. The summed E-state index contributed by atoms with van der Waals surface area (Å²) >= 11 is 0. The van der Waals surface area contributed by atoms with Crippen molar-refractivity contribution in [2.24, 2.45) is 0 Å². The minimum absolute atomic E-state index is 0.182. The van der Waals surface area contributed by atoms with E-state index in [0.717, 1.165) is 36.3 Å². The van der Waals surface area contributed by atoms with Crippen LogP contribution in [-0.4, -0.2) is 72.8 Å². The maximum absolute atomic E-state index is 11.0. The van der Waals surface area contributed by atoms with Crippen LogP contribution in [-0.2, 0) is 19.0 Å². The molecule has 0 N–H and O–H groups in total. The number of pyridine rings is 1. The number of anilines is 2. The number of fused-ring (bicyclic) bond motifs is 1. The number of aromatic nitrogens is 3. The zero-order valence-corrected chi connectivity index (χ0v) is 17.9. The third-order valence-electron chi connectivity index (χ3n) is 6.07. The predicted molar refractivity (Wildman–Crippen MR) is 115 cm³/mol. The number of nitrogens with zero attached hydrogens (tertiary/aromatic N) is 5. The minimum atomic E-state index is -0.268. The summed E-state index contributed by atoms with van der Waals surface area (Å²) in [6.45, 7) is 8.40. The summed E-state index contributed by atoms with van der Waals surface area (Å²) in [5, 5.41) is 0.906. The second-order valence-corrected chi connectivity index (χ2v) is 8.26. The molecule has 31 heavy (non-hydrogen) atoms. The third-order valence-corrected chi connectivity index (χ3v) is 6.07. The lowest BCUT2D eigenvalue weighted by atomic mass is 10.1. The Hall–Kier alpha value is -2.78. The van der Waals surface area contributed by atoms with E-state index in [1.54, 1.807) is 6.08 Å². The Labute approximate surface area is 181 Å². The largest absolute Gasteiger partial charge is 0.481 e. The molecule has 0 saturated carbocycles. The highest BCUT2D eigenvalue weighted by molar-refractivity contribution is 5.88. The van der Waals surface area contributed by atoms with Gasteiger partial charge in [0, 0.05) is 19.5 Å². The number of rotatable bonds is 4. The van der Waals surface area contributed by atoms with Crippen LogP contribution >= 0.6 is 0 Å². The summed E-state index contributed by atoms with van der Waals surface area (Å²) in [6, 6.07) is 4.36. The zero-order chi connectivity index (χ0) is 21.4. The fraction of sp³-hybridized carbons (Fsp3) is 0.545. The van der Waals surface area contributed by atoms with Gasteiger partial charge in [-0.3, -0.25) is 4.79 Å². The van der Waals surface area contributed by atoms with Crippen molar-refractivity contribution in [3.8, 4) is 0 Å². The monoisotopic (exact) mass is 425 g/mol. The highest BCUT2D eigenvalue weighted by Crippen LogP contribution is 2.33. The molecule has 1 unspecified atom stereocenters. The van der Waals surface area contributed by atoms with E-state index in [1.165, 1.54) is 0 Å². The first-order valence-corrected chi connectivity index (χ1v) is 10.8. The molecule has 0 radical (unpaired) electrons. The molecule has 3 aliphatic rings. The van der Waals surface area contributed by atoms with Gasteiger partial charge in [0.25, 0.3) is 0 Å². The van der Waals surface area contributed by atoms with Crippen molar-refractivity contribution >= 4 is 29.1 Å². The molecule has 5 heterocycles. The van der Waals surface area contributed by atoms with E-state index in [2.05, 4.69) is 23.6 Å². The summed E-state index contributed by atoms with van der Waals surface area (Å²) in [7, 11) is 0. The topological polar surface area (TPSA) is 89.9 Å². The normalized spacial score (nSPS) is 26.6. The average molecular weight is 425 g/mol. The van der Waals surface area contributed by atoms with Crippen LogP contribution in [0.4, 0.5) is 11.8 Å². The summed E-state index contributed by atoms with van der Waals surface area (Å²) in [6.07, 6.45) is 2.89. The first kappa shape index (κ1) is 20.1. The van der Waals surface area contributed by atoms with Gasteiger partial charge in [-0.1, -0.05) is 0 Å². The van der Waals surface area contributed by atoms with Crippen molar-refractivity contribution in [3.63, 3.8) is 0 Å². The SMILES string of the molecule is C[C@H]1COCCN1c1nc(N2CCOC[C@@H]2C)c2ccc(C3CC=C(C=O)O3)nc2n1. The van der Waals surface area contributed by atoms with Gasteiger partial charge in [-0.25, -0.2) is 4.98 Å². The van der Waals surface area contributed by atoms with Crippen molar-refractivity contribution in [2.75, 3.05) is 49.3 Å². The fourth-order valence-corrected chi connectivity index (χ4v) is 4.33.